The number of rotatable bonds is 17. The Morgan fingerprint density at radius 3 is 1.06 bits per heavy atom. The van der Waals surface area contributed by atoms with Gasteiger partial charge < -0.3 is 25.3 Å². The Hall–Kier alpha value is 1.37. The number of halogens is 10. The van der Waals surface area contributed by atoms with Gasteiger partial charge in [-0.15, -0.1) is 0 Å². The molecule has 380 valence electrons. The van der Waals surface area contributed by atoms with Crippen molar-refractivity contribution in [1.82, 2.24) is 0 Å². The van der Waals surface area contributed by atoms with Crippen LogP contribution in [0.1, 0.15) is 13.8 Å². The summed E-state index contributed by atoms with van der Waals surface area (Å²) >= 11 is 0. The standard InChI is InChI=1S/C5H13F2O5P3.C5H15O5P3.C4H9NO.C2H4F5O5P3.C2H6F3O5P3/c1-13(2,8)12-15(4,11)5(6,7)14(3,9)10;1-11(2,6)10-13(4,9)5-12(3,7)8;1-3(5)4(2)6;1-13(5,8)12-15(7,11)2(3,4)14(6,9)10;1-11(3,6)10-13(5,9)2-12(4,7)8/h1-4H3,(H,9,10);5H2,1-4H3,(H,7,8);3H,5H2,1-2H3;1H3,(H,9,10);2H2,1H3,(H,7,8). The molecule has 11 unspecified atom stereocenters. The van der Waals surface area contributed by atoms with E-state index < -0.39 is 113 Å². The zero-order valence-electron chi connectivity index (χ0n) is 33.9. The Labute approximate surface area is 349 Å². The monoisotopic (exact) mass is 1170 g/mol. The molecule has 0 aliphatic carbocycles. The number of nitrogens with two attached hydrogens (primary N) is 1. The van der Waals surface area contributed by atoms with Crippen molar-refractivity contribution in [2.24, 2.45) is 5.73 Å². The van der Waals surface area contributed by atoms with Crippen molar-refractivity contribution in [3.8, 4) is 0 Å². The summed E-state index contributed by atoms with van der Waals surface area (Å²) in [4.78, 5) is 43.4. The van der Waals surface area contributed by atoms with Crippen LogP contribution >= 0.6 is 90.3 Å². The SMILES string of the molecule is CC(=O)C(C)N.CP(=O)(F)OP(=O)(F)C(F)(F)P(=O)(O)F.CP(=O)(F)OP(=O)(F)CP(=O)(O)F.CP(=O)(O)CP(C)(=O)OP(C)(C)=O.CP(C)(=O)OP(C)(=O)C(F)(F)P(C)(=O)O. The summed E-state index contributed by atoms with van der Waals surface area (Å²) in [5.41, 5.74) is 5.09. The molecule has 62 heavy (non-hydrogen) atoms. The summed E-state index contributed by atoms with van der Waals surface area (Å²) in [7, 11) is -57.8. The van der Waals surface area contributed by atoms with Crippen molar-refractivity contribution in [2.75, 3.05) is 78.5 Å². The maximum Gasteiger partial charge on any atom is 0.456 e. The molecule has 0 bridgehead atoms. The predicted molar refractivity (Wildman–Crippen MR) is 214 cm³/mol. The molecule has 0 saturated carbocycles. The molecule has 22 nitrogen and oxygen atoms in total. The summed E-state index contributed by atoms with van der Waals surface area (Å²) < 4.78 is 266. The van der Waals surface area contributed by atoms with Crippen LogP contribution in [-0.4, -0.2) is 121 Å². The molecule has 0 amide bonds. The molecule has 0 aromatic carbocycles. The van der Waals surface area contributed by atoms with Crippen molar-refractivity contribution in [1.29, 1.82) is 0 Å². The normalized spacial score (nSPS) is 22.6. The third-order valence-corrected chi connectivity index (χ3v) is 28.2. The van der Waals surface area contributed by atoms with Gasteiger partial charge >= 0.3 is 56.9 Å². The minimum absolute atomic E-state index is 0.0319. The van der Waals surface area contributed by atoms with Gasteiger partial charge in [-0.05, 0) is 13.8 Å². The van der Waals surface area contributed by atoms with E-state index >= 15 is 0 Å². The van der Waals surface area contributed by atoms with Crippen LogP contribution in [-0.2, 0) is 76.8 Å². The molecular weight excluding hydrogens is 1130 g/mol. The maximum atomic E-state index is 13.2. The predicted octanol–water partition coefficient (Wildman–Crippen LogP) is 11.9. The van der Waals surface area contributed by atoms with Gasteiger partial charge in [0.1, 0.15) is 11.7 Å². The van der Waals surface area contributed by atoms with Crippen LogP contribution in [0.3, 0.4) is 0 Å². The van der Waals surface area contributed by atoms with Crippen molar-refractivity contribution < 1.29 is 139 Å². The molecule has 0 heterocycles. The first-order chi connectivity index (χ1) is 25.9. The molecule has 0 rings (SSSR count). The third-order valence-electron chi connectivity index (χ3n) is 4.39. The van der Waals surface area contributed by atoms with Crippen LogP contribution in [0.15, 0.2) is 0 Å². The molecule has 0 saturated heterocycles. The van der Waals surface area contributed by atoms with E-state index in [1.807, 2.05) is 0 Å². The highest BCUT2D eigenvalue weighted by Crippen LogP contribution is 2.82. The van der Waals surface area contributed by atoms with Gasteiger partial charge in [0.05, 0.1) is 6.04 Å². The molecule has 0 aliphatic heterocycles. The average molecular weight is 1180 g/mol. The Kier molecular flexibility index (Phi) is 28.9. The molecule has 0 aromatic rings. The summed E-state index contributed by atoms with van der Waals surface area (Å²) in [6.07, 6.45) is 0. The quantitative estimate of drug-likeness (QED) is 0.0667. The second-order valence-corrected chi connectivity index (χ2v) is 40.8. The van der Waals surface area contributed by atoms with E-state index in [0.29, 0.717) is 20.0 Å². The van der Waals surface area contributed by atoms with Crippen LogP contribution in [0.25, 0.3) is 0 Å². The topological polar surface area (TPSA) is 366 Å². The Balaban J connectivity index is -0.000000223. The molecule has 11 atom stereocenters. The molecular formula is C18H47F10NO21P12. The van der Waals surface area contributed by atoms with Crippen molar-refractivity contribution >= 4 is 96.1 Å². The van der Waals surface area contributed by atoms with Crippen LogP contribution in [0.5, 0.6) is 0 Å². The van der Waals surface area contributed by atoms with Crippen molar-refractivity contribution in [3.05, 3.63) is 0 Å². The lowest BCUT2D eigenvalue weighted by Gasteiger charge is -2.26. The number of carbonyl (C=O) groups is 1. The number of carbonyl (C=O) groups excluding carboxylic acids is 1. The molecule has 0 aromatic heterocycles. The third kappa shape index (κ3) is 37.4. The van der Waals surface area contributed by atoms with Gasteiger partial charge in [0.25, 0.3) is 14.7 Å². The fourth-order valence-corrected chi connectivity index (χ4v) is 24.2. The molecule has 44 heteroatoms. The van der Waals surface area contributed by atoms with E-state index in [1.54, 1.807) is 6.92 Å². The van der Waals surface area contributed by atoms with Gasteiger partial charge in [0.15, 0.2) is 5.90 Å². The minimum atomic E-state index is -7.00. The smallest absolute Gasteiger partial charge is 0.344 e. The highest BCUT2D eigenvalue weighted by molar-refractivity contribution is 7.81. The number of Topliss-reactive ketones (excluding diaryl/α,β-unsaturated/α-hetero) is 1. The average Bonchev–Trinajstić information content (AvgIpc) is 2.79. The first-order valence-electron chi connectivity index (χ1n) is 14.8. The number of ketones is 1. The second-order valence-electron chi connectivity index (χ2n) is 13.0. The Bertz CT molecular complexity index is 1910. The van der Waals surface area contributed by atoms with E-state index in [1.165, 1.54) is 26.9 Å². The number of hydrogen-bond donors (Lipinski definition) is 5. The number of alkyl halides is 4. The zero-order chi connectivity index (χ0) is 52.4. The molecule has 0 aliphatic rings. The Morgan fingerprint density at radius 2 is 0.871 bits per heavy atom. The molecule has 0 radical (unpaired) electrons. The molecule has 0 spiro atoms. The highest BCUT2D eigenvalue weighted by Gasteiger charge is 2.69. The molecule has 6 N–H and O–H groups in total. The van der Waals surface area contributed by atoms with E-state index in [-0.39, 0.29) is 18.5 Å². The van der Waals surface area contributed by atoms with Gasteiger partial charge in [0.2, 0.25) is 29.5 Å². The van der Waals surface area contributed by atoms with Crippen LogP contribution in [0.2, 0.25) is 0 Å². The Morgan fingerprint density at radius 1 is 0.565 bits per heavy atom. The highest BCUT2D eigenvalue weighted by atomic mass is 31.3. The van der Waals surface area contributed by atoms with E-state index in [9.17, 15) is 102 Å². The number of hydrogen-bond acceptors (Lipinski definition) is 18. The van der Waals surface area contributed by atoms with Crippen molar-refractivity contribution in [2.45, 2.75) is 30.7 Å². The van der Waals surface area contributed by atoms with Gasteiger partial charge in [-0.25, -0.2) is 17.8 Å². The molecule has 0 fully saturated rings. The first-order valence-corrected chi connectivity index (χ1v) is 39.0. The summed E-state index contributed by atoms with van der Waals surface area (Å²) in [5, 5.41) is -10.3. The summed E-state index contributed by atoms with van der Waals surface area (Å²) in [6.45, 7) is 11.2. The first kappa shape index (κ1) is 72.4. The van der Waals surface area contributed by atoms with Crippen LogP contribution in [0, 0.1) is 0 Å². The lowest BCUT2D eigenvalue weighted by atomic mass is 10.3. The lowest BCUT2D eigenvalue weighted by molar-refractivity contribution is -0.117. The van der Waals surface area contributed by atoms with Crippen molar-refractivity contribution in [3.63, 3.8) is 0 Å². The second kappa shape index (κ2) is 24.8. The van der Waals surface area contributed by atoms with Gasteiger partial charge in [-0.2, -0.15) is 42.7 Å². The van der Waals surface area contributed by atoms with E-state index in [4.69, 9.17) is 29.6 Å². The van der Waals surface area contributed by atoms with Gasteiger partial charge in [-0.1, -0.05) is 0 Å². The van der Waals surface area contributed by atoms with Crippen LogP contribution < -0.4 is 5.73 Å². The maximum absolute atomic E-state index is 13.2. The van der Waals surface area contributed by atoms with E-state index in [0.717, 1.165) is 20.0 Å². The largest absolute Gasteiger partial charge is 0.456 e. The minimum Gasteiger partial charge on any atom is -0.344 e. The fourth-order valence-electron chi connectivity index (χ4n) is 2.52. The summed E-state index contributed by atoms with van der Waals surface area (Å²) in [5.74, 6) is -2.39. The van der Waals surface area contributed by atoms with Crippen LogP contribution in [0.4, 0.5) is 42.7 Å². The fraction of sp³-hybridized carbons (Fsp3) is 0.944. The summed E-state index contributed by atoms with van der Waals surface area (Å²) in [6, 6.07) is -0.287. The van der Waals surface area contributed by atoms with Gasteiger partial charge in [-0.3, -0.25) is 59.1 Å². The zero-order valence-corrected chi connectivity index (χ0v) is 44.7. The lowest BCUT2D eigenvalue weighted by Crippen LogP contribution is -2.23. The van der Waals surface area contributed by atoms with Gasteiger partial charge in [0, 0.05) is 66.6 Å². The van der Waals surface area contributed by atoms with E-state index in [2.05, 4.69) is 12.9 Å².